The van der Waals surface area contributed by atoms with Gasteiger partial charge in [-0.25, -0.2) is 0 Å². The summed E-state index contributed by atoms with van der Waals surface area (Å²) in [5.41, 5.74) is 1.35. The third-order valence-electron chi connectivity index (χ3n) is 3.83. The van der Waals surface area contributed by atoms with Crippen molar-refractivity contribution in [2.24, 2.45) is 0 Å². The fourth-order valence-electron chi connectivity index (χ4n) is 2.76. The maximum Gasteiger partial charge on any atom is 0.0589 e. The van der Waals surface area contributed by atoms with Crippen molar-refractivity contribution in [3.63, 3.8) is 0 Å². The number of hydrogen-bond donors (Lipinski definition) is 1. The van der Waals surface area contributed by atoms with E-state index < -0.39 is 0 Å². The van der Waals surface area contributed by atoms with Crippen LogP contribution in [0.25, 0.3) is 0 Å². The lowest BCUT2D eigenvalue weighted by Crippen LogP contribution is -2.40. The lowest BCUT2D eigenvalue weighted by Gasteiger charge is -2.32. The normalized spacial score (nSPS) is 25.2. The van der Waals surface area contributed by atoms with Gasteiger partial charge in [-0.05, 0) is 43.9 Å². The highest BCUT2D eigenvalue weighted by Crippen LogP contribution is 2.22. The zero-order chi connectivity index (χ0) is 13.7. The van der Waals surface area contributed by atoms with Crippen molar-refractivity contribution >= 4 is 15.9 Å². The minimum Gasteiger partial charge on any atom is -0.378 e. The second kappa shape index (κ2) is 7.41. The maximum atomic E-state index is 5.81. The number of ether oxygens (including phenoxy) is 1. The third-order valence-corrected chi connectivity index (χ3v) is 4.36. The fourth-order valence-corrected chi connectivity index (χ4v) is 3.02. The highest BCUT2D eigenvalue weighted by atomic mass is 79.9. The molecule has 1 aromatic rings. The first-order valence-corrected chi connectivity index (χ1v) is 8.11. The van der Waals surface area contributed by atoms with E-state index in [2.05, 4.69) is 59.4 Å². The zero-order valence-corrected chi connectivity index (χ0v) is 13.4. The van der Waals surface area contributed by atoms with Crippen molar-refractivity contribution in [1.82, 2.24) is 5.32 Å². The Bertz CT molecular complexity index is 377. The number of rotatable bonds is 5. The molecule has 1 saturated heterocycles. The Balaban J connectivity index is 1.87. The van der Waals surface area contributed by atoms with Crippen LogP contribution in [-0.4, -0.2) is 18.8 Å². The first kappa shape index (κ1) is 15.0. The highest BCUT2D eigenvalue weighted by Gasteiger charge is 2.23. The number of benzene rings is 1. The summed E-state index contributed by atoms with van der Waals surface area (Å²) in [4.78, 5) is 0. The Morgan fingerprint density at radius 3 is 2.79 bits per heavy atom. The molecule has 3 unspecified atom stereocenters. The molecule has 106 valence electrons. The molecule has 1 heterocycles. The second-order valence-corrected chi connectivity index (χ2v) is 6.36. The minimum absolute atomic E-state index is 0.401. The smallest absolute Gasteiger partial charge is 0.0589 e. The lowest BCUT2D eigenvalue weighted by molar-refractivity contribution is -0.00472. The summed E-state index contributed by atoms with van der Waals surface area (Å²) in [7, 11) is 0. The van der Waals surface area contributed by atoms with Gasteiger partial charge in [0.2, 0.25) is 0 Å². The molecule has 0 bridgehead atoms. The van der Waals surface area contributed by atoms with Gasteiger partial charge < -0.3 is 10.1 Å². The first-order chi connectivity index (χ1) is 9.19. The van der Waals surface area contributed by atoms with Crippen LogP contribution < -0.4 is 5.32 Å². The van der Waals surface area contributed by atoms with Gasteiger partial charge in [0.15, 0.2) is 0 Å². The Morgan fingerprint density at radius 2 is 2.11 bits per heavy atom. The number of hydrogen-bond acceptors (Lipinski definition) is 2. The summed E-state index contributed by atoms with van der Waals surface area (Å²) < 4.78 is 6.94. The van der Waals surface area contributed by atoms with Crippen LogP contribution in [0.2, 0.25) is 0 Å². The van der Waals surface area contributed by atoms with E-state index >= 15 is 0 Å². The van der Waals surface area contributed by atoms with Gasteiger partial charge in [0, 0.05) is 23.2 Å². The van der Waals surface area contributed by atoms with Gasteiger partial charge >= 0.3 is 0 Å². The maximum absolute atomic E-state index is 5.81. The van der Waals surface area contributed by atoms with E-state index in [9.17, 15) is 0 Å². The van der Waals surface area contributed by atoms with Crippen LogP contribution in [0.4, 0.5) is 0 Å². The minimum atomic E-state index is 0.401. The van der Waals surface area contributed by atoms with Crippen LogP contribution in [0.3, 0.4) is 0 Å². The molecule has 19 heavy (non-hydrogen) atoms. The summed E-state index contributed by atoms with van der Waals surface area (Å²) in [6.45, 7) is 5.37. The molecule has 1 N–H and O–H groups in total. The molecule has 0 spiro atoms. The van der Waals surface area contributed by atoms with Crippen LogP contribution >= 0.6 is 15.9 Å². The van der Waals surface area contributed by atoms with Crippen molar-refractivity contribution in [3.05, 3.63) is 34.3 Å². The van der Waals surface area contributed by atoms with Gasteiger partial charge in [0.25, 0.3) is 0 Å². The molecule has 1 aromatic carbocycles. The molecule has 0 saturated carbocycles. The summed E-state index contributed by atoms with van der Waals surface area (Å²) >= 11 is 3.48. The quantitative estimate of drug-likeness (QED) is 0.863. The number of nitrogens with one attached hydrogen (secondary N) is 1. The predicted molar refractivity (Wildman–Crippen MR) is 83.4 cm³/mol. The number of halogens is 1. The average molecular weight is 326 g/mol. The summed E-state index contributed by atoms with van der Waals surface area (Å²) in [6.07, 6.45) is 5.12. The topological polar surface area (TPSA) is 21.3 Å². The summed E-state index contributed by atoms with van der Waals surface area (Å²) in [5, 5.41) is 3.75. The van der Waals surface area contributed by atoms with Crippen LogP contribution in [0.5, 0.6) is 0 Å². The van der Waals surface area contributed by atoms with E-state index in [1.807, 2.05) is 0 Å². The fraction of sp³-hybridized carbons (Fsp3) is 0.625. The molecular weight excluding hydrogens is 302 g/mol. The van der Waals surface area contributed by atoms with E-state index in [0.29, 0.717) is 18.2 Å². The zero-order valence-electron chi connectivity index (χ0n) is 11.9. The highest BCUT2D eigenvalue weighted by molar-refractivity contribution is 9.10. The van der Waals surface area contributed by atoms with Gasteiger partial charge in [-0.3, -0.25) is 0 Å². The van der Waals surface area contributed by atoms with Crippen molar-refractivity contribution < 1.29 is 4.74 Å². The van der Waals surface area contributed by atoms with Crippen LogP contribution in [0, 0.1) is 0 Å². The van der Waals surface area contributed by atoms with Crippen LogP contribution in [0.15, 0.2) is 28.7 Å². The summed E-state index contributed by atoms with van der Waals surface area (Å²) in [6, 6.07) is 9.58. The van der Waals surface area contributed by atoms with Gasteiger partial charge in [-0.2, -0.15) is 0 Å². The molecule has 1 fully saturated rings. The van der Waals surface area contributed by atoms with E-state index in [-0.39, 0.29) is 0 Å². The average Bonchev–Trinajstić information content (AvgIpc) is 2.40. The standard InChI is InChI=1S/C16H24BrNO/c1-3-4-16-11-15(9-10-19-16)18-12(2)13-5-7-14(17)8-6-13/h5-8,12,15-16,18H,3-4,9-11H2,1-2H3. The monoisotopic (exact) mass is 325 g/mol. The lowest BCUT2D eigenvalue weighted by atomic mass is 9.98. The van der Waals surface area contributed by atoms with Crippen molar-refractivity contribution in [1.29, 1.82) is 0 Å². The molecule has 2 rings (SSSR count). The van der Waals surface area contributed by atoms with E-state index in [1.165, 1.54) is 18.4 Å². The van der Waals surface area contributed by atoms with E-state index in [0.717, 1.165) is 23.9 Å². The van der Waals surface area contributed by atoms with Gasteiger partial charge in [-0.15, -0.1) is 0 Å². The first-order valence-electron chi connectivity index (χ1n) is 7.32. The van der Waals surface area contributed by atoms with Crippen molar-refractivity contribution in [2.45, 2.75) is 57.7 Å². The van der Waals surface area contributed by atoms with Gasteiger partial charge in [0.05, 0.1) is 6.10 Å². The Morgan fingerprint density at radius 1 is 1.37 bits per heavy atom. The molecule has 0 radical (unpaired) electrons. The molecule has 3 heteroatoms. The Hall–Kier alpha value is -0.380. The van der Waals surface area contributed by atoms with Gasteiger partial charge in [-0.1, -0.05) is 41.4 Å². The molecular formula is C16H24BrNO. The van der Waals surface area contributed by atoms with E-state index in [1.54, 1.807) is 0 Å². The molecule has 1 aliphatic heterocycles. The molecule has 0 aromatic heterocycles. The molecule has 0 amide bonds. The van der Waals surface area contributed by atoms with Crippen molar-refractivity contribution in [2.75, 3.05) is 6.61 Å². The summed E-state index contributed by atoms with van der Waals surface area (Å²) in [5.74, 6) is 0. The van der Waals surface area contributed by atoms with Crippen LogP contribution in [-0.2, 0) is 4.74 Å². The molecule has 3 atom stereocenters. The largest absolute Gasteiger partial charge is 0.378 e. The van der Waals surface area contributed by atoms with Crippen molar-refractivity contribution in [3.8, 4) is 0 Å². The SMILES string of the molecule is CCCC1CC(NC(C)c2ccc(Br)cc2)CCO1. The molecule has 2 nitrogen and oxygen atoms in total. The third kappa shape index (κ3) is 4.59. The van der Waals surface area contributed by atoms with Gasteiger partial charge in [0.1, 0.15) is 0 Å². The van der Waals surface area contributed by atoms with Crippen LogP contribution in [0.1, 0.15) is 51.1 Å². The Kier molecular flexibility index (Phi) is 5.86. The molecule has 0 aliphatic carbocycles. The second-order valence-electron chi connectivity index (χ2n) is 5.44. The predicted octanol–water partition coefficient (Wildman–Crippen LogP) is 4.45. The molecule has 1 aliphatic rings. The Labute approximate surface area is 125 Å². The van der Waals surface area contributed by atoms with E-state index in [4.69, 9.17) is 4.74 Å².